The second kappa shape index (κ2) is 5.80. The predicted octanol–water partition coefficient (Wildman–Crippen LogP) is 3.54. The normalized spacial score (nSPS) is 11.6. The second-order valence-electron chi connectivity index (χ2n) is 4.13. The maximum atomic E-state index is 9.50. The van der Waals surface area contributed by atoms with Crippen molar-refractivity contribution in [2.75, 3.05) is 17.7 Å². The molecule has 0 fully saturated rings. The fraction of sp³-hybridized carbons (Fsp3) is 0.500. The molecule has 0 aliphatic heterocycles. The zero-order valence-electron chi connectivity index (χ0n) is 10.1. The molecule has 1 rings (SSSR count). The average Bonchev–Trinajstić information content (AvgIpc) is 2.29. The lowest BCUT2D eigenvalue weighted by molar-refractivity contribution is 0.202. The smallest absolute Gasteiger partial charge is 0.0725 e. The molecule has 0 bridgehead atoms. The fourth-order valence-electron chi connectivity index (χ4n) is 1.67. The summed E-state index contributed by atoms with van der Waals surface area (Å²) in [5, 5.41) is 13.7. The molecule has 4 N–H and O–H groups in total. The molecule has 0 aliphatic carbocycles. The van der Waals surface area contributed by atoms with Gasteiger partial charge in [-0.15, -0.1) is 0 Å². The summed E-state index contributed by atoms with van der Waals surface area (Å²) in [6, 6.07) is 3.28. The van der Waals surface area contributed by atoms with Gasteiger partial charge in [-0.2, -0.15) is 0 Å². The van der Waals surface area contributed by atoms with E-state index < -0.39 is 5.54 Å². The van der Waals surface area contributed by atoms with Gasteiger partial charge in [-0.05, 0) is 25.0 Å². The fourth-order valence-corrected chi connectivity index (χ4v) is 2.27. The van der Waals surface area contributed by atoms with Gasteiger partial charge < -0.3 is 16.2 Å². The van der Waals surface area contributed by atoms with Gasteiger partial charge >= 0.3 is 0 Å². The molecule has 0 amide bonds. The van der Waals surface area contributed by atoms with Crippen LogP contribution in [0.15, 0.2) is 12.1 Å². The molecule has 0 heterocycles. The Bertz CT molecular complexity index is 361. The van der Waals surface area contributed by atoms with E-state index in [9.17, 15) is 5.11 Å². The number of nitrogens with two attached hydrogens (primary N) is 1. The van der Waals surface area contributed by atoms with Crippen molar-refractivity contribution in [3.05, 3.63) is 22.2 Å². The van der Waals surface area contributed by atoms with Crippen molar-refractivity contribution >= 4 is 34.6 Å². The van der Waals surface area contributed by atoms with Gasteiger partial charge in [-0.25, -0.2) is 0 Å². The van der Waals surface area contributed by atoms with Gasteiger partial charge in [0, 0.05) is 5.69 Å². The lowest BCUT2D eigenvalue weighted by atomic mass is 9.93. The minimum atomic E-state index is -0.399. The van der Waals surface area contributed by atoms with Crippen LogP contribution in [0.1, 0.15) is 26.7 Å². The summed E-state index contributed by atoms with van der Waals surface area (Å²) in [6.45, 7) is 4.04. The summed E-state index contributed by atoms with van der Waals surface area (Å²) < 4.78 is 0. The van der Waals surface area contributed by atoms with Crippen LogP contribution in [0.4, 0.5) is 11.4 Å². The Morgan fingerprint density at radius 1 is 1.24 bits per heavy atom. The molecule has 0 saturated carbocycles. The number of halogens is 2. The van der Waals surface area contributed by atoms with Gasteiger partial charge in [0.05, 0.1) is 27.9 Å². The van der Waals surface area contributed by atoms with Crippen LogP contribution >= 0.6 is 23.2 Å². The van der Waals surface area contributed by atoms with Crippen LogP contribution in [0.3, 0.4) is 0 Å². The van der Waals surface area contributed by atoms with E-state index in [2.05, 4.69) is 5.32 Å². The molecule has 0 radical (unpaired) electrons. The summed E-state index contributed by atoms with van der Waals surface area (Å²) in [7, 11) is 0. The van der Waals surface area contributed by atoms with Crippen LogP contribution in [-0.4, -0.2) is 17.3 Å². The second-order valence-corrected chi connectivity index (χ2v) is 4.94. The third-order valence-electron chi connectivity index (χ3n) is 3.11. The molecule has 0 unspecified atom stereocenters. The van der Waals surface area contributed by atoms with Crippen molar-refractivity contribution in [3.63, 3.8) is 0 Å². The Morgan fingerprint density at radius 3 is 2.06 bits per heavy atom. The molecule has 0 spiro atoms. The first-order chi connectivity index (χ1) is 7.98. The molecule has 5 heteroatoms. The zero-order valence-corrected chi connectivity index (χ0v) is 11.6. The quantitative estimate of drug-likeness (QED) is 0.721. The number of rotatable bonds is 5. The summed E-state index contributed by atoms with van der Waals surface area (Å²) in [6.07, 6.45) is 1.55. The lowest BCUT2D eigenvalue weighted by Crippen LogP contribution is -2.41. The van der Waals surface area contributed by atoms with Gasteiger partial charge in [0.15, 0.2) is 0 Å². The monoisotopic (exact) mass is 276 g/mol. The SMILES string of the molecule is CCC(CC)(CO)Nc1c(Cl)cc(N)cc1Cl. The van der Waals surface area contributed by atoms with E-state index in [1.54, 1.807) is 12.1 Å². The molecule has 17 heavy (non-hydrogen) atoms. The third kappa shape index (κ3) is 3.18. The highest BCUT2D eigenvalue weighted by molar-refractivity contribution is 6.39. The Balaban J connectivity index is 3.09. The molecule has 1 aromatic carbocycles. The lowest BCUT2D eigenvalue weighted by Gasteiger charge is -2.32. The van der Waals surface area contributed by atoms with Crippen molar-refractivity contribution < 1.29 is 5.11 Å². The molecular weight excluding hydrogens is 259 g/mol. The number of aliphatic hydroxyl groups is 1. The summed E-state index contributed by atoms with van der Waals surface area (Å²) in [5.74, 6) is 0. The van der Waals surface area contributed by atoms with E-state index in [-0.39, 0.29) is 6.61 Å². The minimum Gasteiger partial charge on any atom is -0.399 e. The topological polar surface area (TPSA) is 58.3 Å². The number of anilines is 2. The first-order valence-corrected chi connectivity index (χ1v) is 6.37. The minimum absolute atomic E-state index is 0.0248. The van der Waals surface area contributed by atoms with E-state index in [0.29, 0.717) is 21.4 Å². The summed E-state index contributed by atoms with van der Waals surface area (Å²) in [4.78, 5) is 0. The molecule has 3 nitrogen and oxygen atoms in total. The summed E-state index contributed by atoms with van der Waals surface area (Å²) >= 11 is 12.2. The molecule has 0 aromatic heterocycles. The van der Waals surface area contributed by atoms with Crippen molar-refractivity contribution in [3.8, 4) is 0 Å². The van der Waals surface area contributed by atoms with Gasteiger partial charge in [-0.1, -0.05) is 37.0 Å². The maximum absolute atomic E-state index is 9.50. The van der Waals surface area contributed by atoms with E-state index in [4.69, 9.17) is 28.9 Å². The Morgan fingerprint density at radius 2 is 1.71 bits per heavy atom. The van der Waals surface area contributed by atoms with E-state index in [1.807, 2.05) is 13.8 Å². The van der Waals surface area contributed by atoms with Crippen LogP contribution in [-0.2, 0) is 0 Å². The Labute approximate surface area is 112 Å². The predicted molar refractivity (Wildman–Crippen MR) is 74.9 cm³/mol. The molecule has 96 valence electrons. The number of nitrogen functional groups attached to an aromatic ring is 1. The van der Waals surface area contributed by atoms with E-state index >= 15 is 0 Å². The van der Waals surface area contributed by atoms with Gasteiger partial charge in [0.25, 0.3) is 0 Å². The largest absolute Gasteiger partial charge is 0.399 e. The zero-order chi connectivity index (χ0) is 13.1. The maximum Gasteiger partial charge on any atom is 0.0725 e. The van der Waals surface area contributed by atoms with Crippen LogP contribution < -0.4 is 11.1 Å². The first kappa shape index (κ1) is 14.4. The Kier molecular flexibility index (Phi) is 4.92. The van der Waals surface area contributed by atoms with Gasteiger partial charge in [0.1, 0.15) is 0 Å². The van der Waals surface area contributed by atoms with E-state index in [1.165, 1.54) is 0 Å². The van der Waals surface area contributed by atoms with E-state index in [0.717, 1.165) is 12.8 Å². The molecule has 0 aliphatic rings. The standard InChI is InChI=1S/C12H18Cl2N2O/c1-3-12(4-2,7-17)16-11-9(13)5-8(15)6-10(11)14/h5-6,16-17H,3-4,7,15H2,1-2H3. The van der Waals surface area contributed by atoms with Crippen LogP contribution in [0.5, 0.6) is 0 Å². The van der Waals surface area contributed by atoms with Crippen LogP contribution in [0, 0.1) is 0 Å². The molecule has 0 saturated heterocycles. The molecular formula is C12H18Cl2N2O. The average molecular weight is 277 g/mol. The number of nitrogens with one attached hydrogen (secondary N) is 1. The van der Waals surface area contributed by atoms with Gasteiger partial charge in [-0.3, -0.25) is 0 Å². The number of hydrogen-bond acceptors (Lipinski definition) is 3. The highest BCUT2D eigenvalue weighted by atomic mass is 35.5. The molecule has 1 aromatic rings. The Hall–Kier alpha value is -0.640. The highest BCUT2D eigenvalue weighted by Gasteiger charge is 2.26. The van der Waals surface area contributed by atoms with Crippen molar-refractivity contribution in [1.82, 2.24) is 0 Å². The first-order valence-electron chi connectivity index (χ1n) is 5.61. The van der Waals surface area contributed by atoms with Crippen LogP contribution in [0.2, 0.25) is 10.0 Å². The van der Waals surface area contributed by atoms with Crippen LogP contribution in [0.25, 0.3) is 0 Å². The number of hydrogen-bond donors (Lipinski definition) is 3. The highest BCUT2D eigenvalue weighted by Crippen LogP contribution is 2.36. The van der Waals surface area contributed by atoms with Gasteiger partial charge in [0.2, 0.25) is 0 Å². The van der Waals surface area contributed by atoms with Crippen molar-refractivity contribution in [2.45, 2.75) is 32.2 Å². The third-order valence-corrected chi connectivity index (χ3v) is 3.71. The van der Waals surface area contributed by atoms with Crippen molar-refractivity contribution in [2.24, 2.45) is 0 Å². The molecule has 0 atom stereocenters. The van der Waals surface area contributed by atoms with Crippen molar-refractivity contribution in [1.29, 1.82) is 0 Å². The summed E-state index contributed by atoms with van der Waals surface area (Å²) in [5.41, 5.74) is 6.39. The number of aliphatic hydroxyl groups excluding tert-OH is 1. The number of benzene rings is 1.